The molecular weight excluding hydrogens is 218 g/mol. The maximum Gasteiger partial charge on any atom is 0.188 e. The van der Waals surface area contributed by atoms with Crippen LogP contribution in [0.25, 0.3) is 0 Å². The zero-order valence-corrected chi connectivity index (χ0v) is 11.6. The van der Waals surface area contributed by atoms with E-state index in [1.165, 1.54) is 0 Å². The highest BCUT2D eigenvalue weighted by atomic mass is 32.2. The Morgan fingerprint density at radius 2 is 1.81 bits per heavy atom. The van der Waals surface area contributed by atoms with E-state index in [9.17, 15) is 0 Å². The maximum absolute atomic E-state index is 4.44. The van der Waals surface area contributed by atoms with Gasteiger partial charge in [0, 0.05) is 22.7 Å². The molecule has 2 unspecified atom stereocenters. The first-order valence-corrected chi connectivity index (χ1v) is 6.63. The van der Waals surface area contributed by atoms with E-state index in [0.717, 1.165) is 23.1 Å². The van der Waals surface area contributed by atoms with Crippen LogP contribution in [0.5, 0.6) is 0 Å². The fourth-order valence-corrected chi connectivity index (χ4v) is 2.53. The van der Waals surface area contributed by atoms with Gasteiger partial charge in [0.15, 0.2) is 5.16 Å². The molecule has 0 saturated carbocycles. The summed E-state index contributed by atoms with van der Waals surface area (Å²) >= 11 is 1.74. The van der Waals surface area contributed by atoms with Crippen molar-refractivity contribution in [2.24, 2.45) is 0 Å². The van der Waals surface area contributed by atoms with Gasteiger partial charge in [-0.05, 0) is 33.4 Å². The Bertz CT molecular complexity index is 321. The smallest absolute Gasteiger partial charge is 0.188 e. The van der Waals surface area contributed by atoms with Gasteiger partial charge in [-0.15, -0.1) is 0 Å². The van der Waals surface area contributed by atoms with Crippen LogP contribution in [-0.2, 0) is 0 Å². The molecule has 0 amide bonds. The minimum atomic E-state index is 0.472. The summed E-state index contributed by atoms with van der Waals surface area (Å²) in [5, 5.41) is 4.78. The average molecular weight is 239 g/mol. The number of hydrogen-bond acceptors (Lipinski definition) is 4. The monoisotopic (exact) mass is 239 g/mol. The fourth-order valence-electron chi connectivity index (χ4n) is 1.50. The van der Waals surface area contributed by atoms with Crippen molar-refractivity contribution in [1.82, 2.24) is 15.3 Å². The van der Waals surface area contributed by atoms with E-state index in [1.807, 2.05) is 19.9 Å². The van der Waals surface area contributed by atoms with Gasteiger partial charge in [0.1, 0.15) is 0 Å². The van der Waals surface area contributed by atoms with Crippen molar-refractivity contribution >= 4 is 11.8 Å². The van der Waals surface area contributed by atoms with Gasteiger partial charge in [0.05, 0.1) is 0 Å². The lowest BCUT2D eigenvalue weighted by Gasteiger charge is -2.19. The van der Waals surface area contributed by atoms with Crippen molar-refractivity contribution < 1.29 is 0 Å². The lowest BCUT2D eigenvalue weighted by Crippen LogP contribution is -2.33. The van der Waals surface area contributed by atoms with E-state index in [0.29, 0.717) is 11.3 Å². The second kappa shape index (κ2) is 6.21. The lowest BCUT2D eigenvalue weighted by molar-refractivity contribution is 0.562. The van der Waals surface area contributed by atoms with Gasteiger partial charge in [-0.25, -0.2) is 9.97 Å². The molecule has 0 saturated heterocycles. The summed E-state index contributed by atoms with van der Waals surface area (Å²) in [6.45, 7) is 11.6. The van der Waals surface area contributed by atoms with Crippen LogP contribution >= 0.6 is 11.8 Å². The van der Waals surface area contributed by atoms with Crippen LogP contribution in [0.4, 0.5) is 0 Å². The summed E-state index contributed by atoms with van der Waals surface area (Å²) in [6, 6.07) is 2.47. The number of nitrogens with one attached hydrogen (secondary N) is 1. The summed E-state index contributed by atoms with van der Waals surface area (Å²) in [5.74, 6) is 0. The predicted molar refractivity (Wildman–Crippen MR) is 70.0 cm³/mol. The molecule has 1 aromatic rings. The Labute approximate surface area is 102 Å². The van der Waals surface area contributed by atoms with Crippen LogP contribution in [0.1, 0.15) is 32.2 Å². The number of aryl methyl sites for hydroxylation is 2. The van der Waals surface area contributed by atoms with Crippen LogP contribution in [0.3, 0.4) is 0 Å². The Morgan fingerprint density at radius 3 is 2.31 bits per heavy atom. The van der Waals surface area contributed by atoms with Crippen LogP contribution in [0.2, 0.25) is 0 Å². The molecule has 1 aromatic heterocycles. The molecule has 0 radical (unpaired) electrons. The molecule has 1 heterocycles. The number of hydrogen-bond donors (Lipinski definition) is 1. The lowest BCUT2D eigenvalue weighted by atomic mass is 10.2. The first-order valence-electron chi connectivity index (χ1n) is 5.75. The van der Waals surface area contributed by atoms with Crippen LogP contribution in [0, 0.1) is 13.8 Å². The largest absolute Gasteiger partial charge is 0.313 e. The maximum atomic E-state index is 4.44. The second-order valence-corrected chi connectivity index (χ2v) is 5.45. The molecule has 0 aliphatic rings. The molecule has 0 fully saturated rings. The summed E-state index contributed by atoms with van der Waals surface area (Å²) in [4.78, 5) is 8.88. The highest BCUT2D eigenvalue weighted by Gasteiger charge is 2.14. The second-order valence-electron chi connectivity index (χ2n) is 4.10. The fraction of sp³-hybridized carbons (Fsp3) is 0.667. The standard InChI is InChI=1S/C12H21N3S/c1-6-13-10(4)11(5)16-12-14-8(2)7-9(3)15-12/h7,10-11,13H,6H2,1-5H3. The molecule has 1 rings (SSSR count). The number of aromatic nitrogens is 2. The zero-order valence-electron chi connectivity index (χ0n) is 10.7. The highest BCUT2D eigenvalue weighted by Crippen LogP contribution is 2.22. The van der Waals surface area contributed by atoms with E-state index < -0.39 is 0 Å². The molecule has 0 spiro atoms. The molecule has 16 heavy (non-hydrogen) atoms. The van der Waals surface area contributed by atoms with Crippen LogP contribution in [0.15, 0.2) is 11.2 Å². The third kappa shape index (κ3) is 4.10. The van der Waals surface area contributed by atoms with Crippen molar-refractivity contribution in [3.8, 4) is 0 Å². The topological polar surface area (TPSA) is 37.8 Å². The molecule has 2 atom stereocenters. The number of nitrogens with zero attached hydrogens (tertiary/aromatic N) is 2. The summed E-state index contributed by atoms with van der Waals surface area (Å²) < 4.78 is 0. The zero-order chi connectivity index (χ0) is 12.1. The highest BCUT2D eigenvalue weighted by molar-refractivity contribution is 7.99. The van der Waals surface area contributed by atoms with Crippen molar-refractivity contribution in [3.05, 3.63) is 17.5 Å². The van der Waals surface area contributed by atoms with E-state index in [4.69, 9.17) is 0 Å². The average Bonchev–Trinajstić information content (AvgIpc) is 2.16. The Kier molecular flexibility index (Phi) is 5.22. The molecule has 0 bridgehead atoms. The summed E-state index contributed by atoms with van der Waals surface area (Å²) in [7, 11) is 0. The Balaban J connectivity index is 2.65. The molecular formula is C12H21N3S. The third-order valence-electron chi connectivity index (χ3n) is 2.48. The van der Waals surface area contributed by atoms with Crippen molar-refractivity contribution in [1.29, 1.82) is 0 Å². The molecule has 0 aliphatic carbocycles. The Morgan fingerprint density at radius 1 is 1.25 bits per heavy atom. The number of thioether (sulfide) groups is 1. The molecule has 3 nitrogen and oxygen atoms in total. The minimum absolute atomic E-state index is 0.472. The predicted octanol–water partition coefficient (Wildman–Crippen LogP) is 2.57. The van der Waals surface area contributed by atoms with Gasteiger partial charge in [0.2, 0.25) is 0 Å². The van der Waals surface area contributed by atoms with Crippen LogP contribution < -0.4 is 5.32 Å². The molecule has 0 aliphatic heterocycles. The van der Waals surface area contributed by atoms with E-state index in [1.54, 1.807) is 11.8 Å². The molecule has 90 valence electrons. The van der Waals surface area contributed by atoms with Gasteiger partial charge in [0.25, 0.3) is 0 Å². The Hall–Kier alpha value is -0.610. The van der Waals surface area contributed by atoms with Crippen molar-refractivity contribution in [2.45, 2.75) is 51.1 Å². The van der Waals surface area contributed by atoms with E-state index in [2.05, 4.69) is 36.1 Å². The van der Waals surface area contributed by atoms with Gasteiger partial charge < -0.3 is 5.32 Å². The van der Waals surface area contributed by atoms with Crippen molar-refractivity contribution in [2.75, 3.05) is 6.54 Å². The molecule has 0 aromatic carbocycles. The third-order valence-corrected chi connectivity index (χ3v) is 3.66. The first kappa shape index (κ1) is 13.5. The number of rotatable bonds is 5. The van der Waals surface area contributed by atoms with Crippen molar-refractivity contribution in [3.63, 3.8) is 0 Å². The van der Waals surface area contributed by atoms with E-state index in [-0.39, 0.29) is 0 Å². The van der Waals surface area contributed by atoms with E-state index >= 15 is 0 Å². The molecule has 1 N–H and O–H groups in total. The minimum Gasteiger partial charge on any atom is -0.313 e. The normalized spacial score (nSPS) is 14.8. The first-order chi connectivity index (χ1) is 7.52. The van der Waals surface area contributed by atoms with Gasteiger partial charge in [-0.2, -0.15) is 0 Å². The summed E-state index contributed by atoms with van der Waals surface area (Å²) in [5.41, 5.74) is 2.08. The molecule has 4 heteroatoms. The summed E-state index contributed by atoms with van der Waals surface area (Å²) in [6.07, 6.45) is 0. The van der Waals surface area contributed by atoms with Gasteiger partial charge in [-0.1, -0.05) is 25.6 Å². The quantitative estimate of drug-likeness (QED) is 0.633. The van der Waals surface area contributed by atoms with Gasteiger partial charge >= 0.3 is 0 Å². The van der Waals surface area contributed by atoms with Gasteiger partial charge in [-0.3, -0.25) is 0 Å². The van der Waals surface area contributed by atoms with Crippen LogP contribution in [-0.4, -0.2) is 27.8 Å². The SMILES string of the molecule is CCNC(C)C(C)Sc1nc(C)cc(C)n1.